The number of allylic oxidation sites excluding steroid dienone is 1. The van der Waals surface area contributed by atoms with Crippen LogP contribution in [0.1, 0.15) is 43.5 Å². The number of nitrogens with zero attached hydrogens (tertiary/aromatic N) is 3. The smallest absolute Gasteiger partial charge is 0.310 e. The van der Waals surface area contributed by atoms with Gasteiger partial charge in [-0.15, -0.1) is 0 Å². The number of alkyl halides is 3. The molecule has 3 aromatic rings. The number of hydrogen-bond donors (Lipinski definition) is 1. The summed E-state index contributed by atoms with van der Waals surface area (Å²) >= 11 is 0. The van der Waals surface area contributed by atoms with Gasteiger partial charge in [0.15, 0.2) is 5.78 Å². The summed E-state index contributed by atoms with van der Waals surface area (Å²) in [5.74, 6) is -2.13. The van der Waals surface area contributed by atoms with Crippen LogP contribution in [-0.4, -0.2) is 37.5 Å². The number of para-hydroxylation sites is 1. The fourth-order valence-electron chi connectivity index (χ4n) is 5.60. The highest BCUT2D eigenvalue weighted by Gasteiger charge is 2.73. The van der Waals surface area contributed by atoms with Gasteiger partial charge in [0.25, 0.3) is 11.5 Å². The molecule has 1 unspecified atom stereocenters. The number of rotatable bonds is 4. The second-order valence-corrected chi connectivity index (χ2v) is 10.4. The first-order valence-corrected chi connectivity index (χ1v) is 11.8. The topological polar surface area (TPSA) is 88.1 Å². The molecule has 7 nitrogen and oxygen atoms in total. The van der Waals surface area contributed by atoms with E-state index in [1.54, 1.807) is 56.3 Å². The van der Waals surface area contributed by atoms with Crippen molar-refractivity contribution in [2.24, 2.45) is 5.41 Å². The maximum absolute atomic E-state index is 15.4. The lowest BCUT2D eigenvalue weighted by molar-refractivity contribution is -0.189. The van der Waals surface area contributed by atoms with Gasteiger partial charge < -0.3 is 4.90 Å². The largest absolute Gasteiger partial charge is 0.411 e. The summed E-state index contributed by atoms with van der Waals surface area (Å²) < 4.78 is 47.1. The molecule has 192 valence electrons. The molecule has 0 fully saturated rings. The maximum atomic E-state index is 15.4. The number of halogens is 3. The standard InChI is InChI=1S/C27H25F3N4O3/c1-16-21(23(36)34(32-16)18-9-5-4-6-10-18)26(27(28,29)30)22-19(12-25(2,3)13-20(22)35)33(24(26)37)15-17-8-7-11-31-14-17/h4-11,14,32H,12-13,15H2,1-3H3. The first kappa shape index (κ1) is 24.7. The number of pyridine rings is 1. The first-order valence-electron chi connectivity index (χ1n) is 11.8. The Balaban J connectivity index is 1.81. The number of carbonyl (C=O) groups is 2. The summed E-state index contributed by atoms with van der Waals surface area (Å²) in [5, 5.41) is 2.70. The Morgan fingerprint density at radius 3 is 2.35 bits per heavy atom. The zero-order chi connectivity index (χ0) is 26.8. The van der Waals surface area contributed by atoms with E-state index in [-0.39, 0.29) is 30.8 Å². The zero-order valence-electron chi connectivity index (χ0n) is 20.5. The highest BCUT2D eigenvalue weighted by atomic mass is 19.4. The molecule has 0 bridgehead atoms. The van der Waals surface area contributed by atoms with Gasteiger partial charge >= 0.3 is 6.18 Å². The number of ketones is 1. The molecule has 5 rings (SSSR count). The molecule has 3 heterocycles. The number of aromatic amines is 1. The maximum Gasteiger partial charge on any atom is 0.411 e. The number of H-pyrrole nitrogens is 1. The van der Waals surface area contributed by atoms with E-state index in [4.69, 9.17) is 0 Å². The zero-order valence-corrected chi connectivity index (χ0v) is 20.5. The average molecular weight is 511 g/mol. The van der Waals surface area contributed by atoms with Gasteiger partial charge in [-0.1, -0.05) is 38.1 Å². The number of carbonyl (C=O) groups excluding carboxylic acids is 2. The summed E-state index contributed by atoms with van der Waals surface area (Å²) in [4.78, 5) is 46.3. The van der Waals surface area contributed by atoms with Gasteiger partial charge in [0, 0.05) is 35.8 Å². The highest BCUT2D eigenvalue weighted by molar-refractivity contribution is 6.13. The van der Waals surface area contributed by atoms with Crippen LogP contribution in [0.25, 0.3) is 5.69 Å². The fourth-order valence-corrected chi connectivity index (χ4v) is 5.60. The van der Waals surface area contributed by atoms with E-state index in [9.17, 15) is 14.4 Å². The average Bonchev–Trinajstić information content (AvgIpc) is 3.25. The van der Waals surface area contributed by atoms with E-state index < -0.39 is 45.4 Å². The van der Waals surface area contributed by atoms with Crippen LogP contribution in [0, 0.1) is 12.3 Å². The van der Waals surface area contributed by atoms with E-state index in [2.05, 4.69) is 10.1 Å². The third-order valence-corrected chi connectivity index (χ3v) is 7.07. The Labute approximate surface area is 210 Å². The molecule has 1 atom stereocenters. The second kappa shape index (κ2) is 8.29. The molecule has 0 radical (unpaired) electrons. The second-order valence-electron chi connectivity index (χ2n) is 10.4. The summed E-state index contributed by atoms with van der Waals surface area (Å²) in [6, 6.07) is 11.4. The number of Topliss-reactive ketones (excluding diaryl/α,β-unsaturated/α-hetero) is 1. The Morgan fingerprint density at radius 1 is 1.03 bits per heavy atom. The van der Waals surface area contributed by atoms with Gasteiger partial charge in [0.1, 0.15) is 0 Å². The lowest BCUT2D eigenvalue weighted by Crippen LogP contribution is -2.55. The highest BCUT2D eigenvalue weighted by Crippen LogP contribution is 2.57. The number of benzene rings is 1. The van der Waals surface area contributed by atoms with E-state index in [1.807, 2.05) is 0 Å². The molecule has 2 aliphatic rings. The van der Waals surface area contributed by atoms with Crippen LogP contribution in [0.4, 0.5) is 13.2 Å². The van der Waals surface area contributed by atoms with Crippen LogP contribution in [0.2, 0.25) is 0 Å². The van der Waals surface area contributed by atoms with Gasteiger partial charge in [0.2, 0.25) is 5.41 Å². The van der Waals surface area contributed by atoms with Crippen molar-refractivity contribution in [1.82, 2.24) is 19.7 Å². The van der Waals surface area contributed by atoms with Gasteiger partial charge in [0.05, 0.1) is 17.8 Å². The van der Waals surface area contributed by atoms with Crippen molar-refractivity contribution in [1.29, 1.82) is 0 Å². The number of aryl methyl sites for hydroxylation is 1. The minimum absolute atomic E-state index is 0.0127. The van der Waals surface area contributed by atoms with Crippen molar-refractivity contribution in [3.05, 3.63) is 93.3 Å². The van der Waals surface area contributed by atoms with E-state index in [1.165, 1.54) is 19.3 Å². The number of hydrogen-bond acceptors (Lipinski definition) is 4. The summed E-state index contributed by atoms with van der Waals surface area (Å²) in [6.45, 7) is 4.67. The van der Waals surface area contributed by atoms with Gasteiger partial charge in [-0.2, -0.15) is 13.2 Å². The van der Waals surface area contributed by atoms with Gasteiger partial charge in [-0.05, 0) is 42.5 Å². The number of aromatic nitrogens is 3. The van der Waals surface area contributed by atoms with Crippen molar-refractivity contribution >= 4 is 11.7 Å². The Hall–Kier alpha value is -3.95. The molecule has 1 aromatic carbocycles. The minimum Gasteiger partial charge on any atom is -0.310 e. The third-order valence-electron chi connectivity index (χ3n) is 7.07. The lowest BCUT2D eigenvalue weighted by atomic mass is 9.66. The number of amides is 1. The summed E-state index contributed by atoms with van der Waals surface area (Å²) in [7, 11) is 0. The molecule has 1 aliphatic heterocycles. The Kier molecular flexibility index (Phi) is 5.54. The molecule has 0 saturated heterocycles. The predicted octanol–water partition coefficient (Wildman–Crippen LogP) is 4.35. The molecule has 1 amide bonds. The van der Waals surface area contributed by atoms with Crippen LogP contribution in [0.3, 0.4) is 0 Å². The first-order chi connectivity index (χ1) is 17.4. The SMILES string of the molecule is Cc1[nH]n(-c2ccccc2)c(=O)c1C1(C(F)(F)F)C(=O)N(Cc2cccnc2)C2=C1C(=O)CC(C)(C)C2. The van der Waals surface area contributed by atoms with Crippen LogP contribution < -0.4 is 5.56 Å². The molecular formula is C27H25F3N4O3. The van der Waals surface area contributed by atoms with Gasteiger partial charge in [-0.3, -0.25) is 24.5 Å². The molecule has 1 aliphatic carbocycles. The lowest BCUT2D eigenvalue weighted by Gasteiger charge is -2.35. The van der Waals surface area contributed by atoms with Crippen LogP contribution >= 0.6 is 0 Å². The number of nitrogens with one attached hydrogen (secondary N) is 1. The van der Waals surface area contributed by atoms with Crippen LogP contribution in [-0.2, 0) is 21.5 Å². The molecular weight excluding hydrogens is 485 g/mol. The Morgan fingerprint density at radius 2 is 1.73 bits per heavy atom. The van der Waals surface area contributed by atoms with Crippen molar-refractivity contribution in [2.45, 2.75) is 51.7 Å². The quantitative estimate of drug-likeness (QED) is 0.565. The monoisotopic (exact) mass is 510 g/mol. The van der Waals surface area contributed by atoms with Crippen molar-refractivity contribution in [2.75, 3.05) is 0 Å². The molecule has 0 saturated carbocycles. The fraction of sp³-hybridized carbons (Fsp3) is 0.333. The van der Waals surface area contributed by atoms with Gasteiger partial charge in [-0.25, -0.2) is 4.68 Å². The molecule has 10 heteroatoms. The van der Waals surface area contributed by atoms with Crippen molar-refractivity contribution in [3.8, 4) is 5.69 Å². The molecule has 2 aromatic heterocycles. The Bertz CT molecular complexity index is 1490. The summed E-state index contributed by atoms with van der Waals surface area (Å²) in [6.07, 6.45) is -2.38. The van der Waals surface area contributed by atoms with E-state index >= 15 is 13.2 Å². The molecule has 1 N–H and O–H groups in total. The predicted molar refractivity (Wildman–Crippen MR) is 129 cm³/mol. The normalized spacial score (nSPS) is 21.5. The van der Waals surface area contributed by atoms with Crippen molar-refractivity contribution in [3.63, 3.8) is 0 Å². The minimum atomic E-state index is -5.26. The molecule has 37 heavy (non-hydrogen) atoms. The third kappa shape index (κ3) is 3.65. The van der Waals surface area contributed by atoms with Crippen LogP contribution in [0.15, 0.2) is 70.9 Å². The van der Waals surface area contributed by atoms with E-state index in [0.717, 1.165) is 9.58 Å². The molecule has 0 spiro atoms. The van der Waals surface area contributed by atoms with Crippen molar-refractivity contribution < 1.29 is 22.8 Å². The van der Waals surface area contributed by atoms with E-state index in [0.29, 0.717) is 11.3 Å². The van der Waals surface area contributed by atoms with Crippen LogP contribution in [0.5, 0.6) is 0 Å². The summed E-state index contributed by atoms with van der Waals surface area (Å²) in [5.41, 5.74) is -5.84.